The lowest BCUT2D eigenvalue weighted by molar-refractivity contribution is -0.135. The lowest BCUT2D eigenvalue weighted by Crippen LogP contribution is -2.30. The third-order valence-electron chi connectivity index (χ3n) is 1.46. The Morgan fingerprint density at radius 2 is 2.36 bits per heavy atom. The van der Waals surface area contributed by atoms with Crippen LogP contribution in [0.1, 0.15) is 0 Å². The van der Waals surface area contributed by atoms with Crippen LogP contribution < -0.4 is 4.72 Å². The van der Waals surface area contributed by atoms with Gasteiger partial charge in [-0.2, -0.15) is 9.82 Å². The highest BCUT2D eigenvalue weighted by Gasteiger charge is 2.18. The van der Waals surface area contributed by atoms with Gasteiger partial charge in [0, 0.05) is 7.05 Å². The summed E-state index contributed by atoms with van der Waals surface area (Å²) in [7, 11) is -2.32. The topological polar surface area (TPSA) is 101 Å². The van der Waals surface area contributed by atoms with Gasteiger partial charge in [0.15, 0.2) is 5.03 Å². The Balaban J connectivity index is 2.87. The summed E-state index contributed by atoms with van der Waals surface area (Å²) in [6.07, 6.45) is 1.31. The summed E-state index contributed by atoms with van der Waals surface area (Å²) in [5, 5.41) is 11.9. The molecule has 78 valence electrons. The Morgan fingerprint density at radius 1 is 1.71 bits per heavy atom. The molecule has 0 unspecified atom stereocenters. The normalized spacial score (nSPS) is 11.5. The lowest BCUT2D eigenvalue weighted by atomic mass is 10.7. The van der Waals surface area contributed by atoms with Crippen molar-refractivity contribution in [2.75, 3.05) is 6.54 Å². The second-order valence-corrected chi connectivity index (χ2v) is 4.23. The Bertz CT molecular complexity index is 436. The summed E-state index contributed by atoms with van der Waals surface area (Å²) in [5.41, 5.74) is 0. The number of aliphatic carboxylic acids is 1. The molecule has 0 fully saturated rings. The first-order valence-electron chi connectivity index (χ1n) is 3.63. The van der Waals surface area contributed by atoms with E-state index in [4.69, 9.17) is 5.11 Å². The van der Waals surface area contributed by atoms with Crippen LogP contribution in [0.5, 0.6) is 0 Å². The summed E-state index contributed by atoms with van der Waals surface area (Å²) >= 11 is 0. The molecule has 14 heavy (non-hydrogen) atoms. The van der Waals surface area contributed by atoms with E-state index in [1.165, 1.54) is 19.3 Å². The predicted octanol–water partition coefficient (Wildman–Crippen LogP) is -1.22. The molecule has 8 heteroatoms. The molecular formula is C6H9N3O4S. The summed E-state index contributed by atoms with van der Waals surface area (Å²) < 4.78 is 25.8. The number of sulfonamides is 1. The molecule has 1 heterocycles. The maximum absolute atomic E-state index is 11.4. The van der Waals surface area contributed by atoms with Crippen molar-refractivity contribution in [3.8, 4) is 0 Å². The van der Waals surface area contributed by atoms with Crippen molar-refractivity contribution in [2.45, 2.75) is 5.03 Å². The second-order valence-electron chi connectivity index (χ2n) is 2.51. The molecule has 0 aliphatic heterocycles. The van der Waals surface area contributed by atoms with Crippen LogP contribution in [0.4, 0.5) is 0 Å². The fourth-order valence-electron chi connectivity index (χ4n) is 0.856. The number of aromatic nitrogens is 2. The van der Waals surface area contributed by atoms with Crippen LogP contribution in [0.2, 0.25) is 0 Å². The molecule has 0 amide bonds. The third kappa shape index (κ3) is 2.30. The van der Waals surface area contributed by atoms with Gasteiger partial charge in [-0.15, -0.1) is 0 Å². The maximum Gasteiger partial charge on any atom is 0.318 e. The van der Waals surface area contributed by atoms with E-state index in [-0.39, 0.29) is 5.03 Å². The van der Waals surface area contributed by atoms with Crippen LogP contribution >= 0.6 is 0 Å². The van der Waals surface area contributed by atoms with Crippen molar-refractivity contribution in [1.82, 2.24) is 14.5 Å². The van der Waals surface area contributed by atoms with E-state index in [0.717, 1.165) is 4.68 Å². The van der Waals surface area contributed by atoms with Crippen LogP contribution in [0.25, 0.3) is 0 Å². The number of carbonyl (C=O) groups is 1. The molecule has 0 aliphatic carbocycles. The third-order valence-corrected chi connectivity index (χ3v) is 2.94. The minimum atomic E-state index is -3.77. The number of aryl methyl sites for hydroxylation is 1. The molecule has 0 atom stereocenters. The highest BCUT2D eigenvalue weighted by molar-refractivity contribution is 7.89. The average molecular weight is 219 g/mol. The van der Waals surface area contributed by atoms with Crippen molar-refractivity contribution >= 4 is 16.0 Å². The fraction of sp³-hybridized carbons (Fsp3) is 0.333. The van der Waals surface area contributed by atoms with Gasteiger partial charge in [0.2, 0.25) is 0 Å². The van der Waals surface area contributed by atoms with Gasteiger partial charge >= 0.3 is 5.97 Å². The molecule has 1 aromatic rings. The molecule has 0 radical (unpaired) electrons. The lowest BCUT2D eigenvalue weighted by Gasteiger charge is -2.03. The van der Waals surface area contributed by atoms with Gasteiger partial charge in [0.25, 0.3) is 10.0 Å². The molecule has 0 saturated heterocycles. The first-order valence-corrected chi connectivity index (χ1v) is 5.11. The molecule has 0 spiro atoms. The minimum Gasteiger partial charge on any atom is -0.480 e. The Hall–Kier alpha value is -1.41. The van der Waals surface area contributed by atoms with E-state index in [0.29, 0.717) is 0 Å². The van der Waals surface area contributed by atoms with Crippen LogP contribution in [0, 0.1) is 0 Å². The van der Waals surface area contributed by atoms with Crippen LogP contribution in [-0.4, -0.2) is 35.8 Å². The smallest absolute Gasteiger partial charge is 0.318 e. The van der Waals surface area contributed by atoms with Crippen LogP contribution in [0.3, 0.4) is 0 Å². The van der Waals surface area contributed by atoms with E-state index in [1.807, 2.05) is 4.72 Å². The Kier molecular flexibility index (Phi) is 2.87. The number of hydrogen-bond acceptors (Lipinski definition) is 4. The van der Waals surface area contributed by atoms with Gasteiger partial charge in [-0.25, -0.2) is 8.42 Å². The van der Waals surface area contributed by atoms with Crippen molar-refractivity contribution in [3.05, 3.63) is 12.3 Å². The molecule has 1 aromatic heterocycles. The van der Waals surface area contributed by atoms with E-state index in [2.05, 4.69) is 5.10 Å². The number of carboxylic acids is 1. The minimum absolute atomic E-state index is 0.0706. The Morgan fingerprint density at radius 3 is 2.79 bits per heavy atom. The summed E-state index contributed by atoms with van der Waals surface area (Å²) in [6.45, 7) is -0.645. The van der Waals surface area contributed by atoms with Crippen LogP contribution in [-0.2, 0) is 21.9 Å². The van der Waals surface area contributed by atoms with Gasteiger partial charge in [0.05, 0.1) is 6.20 Å². The zero-order valence-electron chi connectivity index (χ0n) is 7.34. The van der Waals surface area contributed by atoms with E-state index >= 15 is 0 Å². The molecular weight excluding hydrogens is 210 g/mol. The molecule has 0 bridgehead atoms. The van der Waals surface area contributed by atoms with Crippen molar-refractivity contribution in [1.29, 1.82) is 0 Å². The van der Waals surface area contributed by atoms with E-state index < -0.39 is 22.5 Å². The summed E-state index contributed by atoms with van der Waals surface area (Å²) in [5.74, 6) is -1.24. The van der Waals surface area contributed by atoms with Crippen molar-refractivity contribution in [3.63, 3.8) is 0 Å². The maximum atomic E-state index is 11.4. The van der Waals surface area contributed by atoms with Crippen LogP contribution in [0.15, 0.2) is 17.3 Å². The van der Waals surface area contributed by atoms with Gasteiger partial charge in [-0.05, 0) is 6.07 Å². The Labute approximate surface area is 80.4 Å². The van der Waals surface area contributed by atoms with Gasteiger partial charge in [-0.1, -0.05) is 0 Å². The number of rotatable bonds is 4. The second kappa shape index (κ2) is 3.76. The highest BCUT2D eigenvalue weighted by atomic mass is 32.2. The summed E-state index contributed by atoms with van der Waals surface area (Å²) in [6, 6.07) is 1.28. The SMILES string of the molecule is Cn1nccc1S(=O)(=O)NCC(=O)O. The number of hydrogen-bond donors (Lipinski definition) is 2. The number of nitrogens with one attached hydrogen (secondary N) is 1. The molecule has 7 nitrogen and oxygen atoms in total. The molecule has 0 aromatic carbocycles. The van der Waals surface area contributed by atoms with Crippen molar-refractivity contribution < 1.29 is 18.3 Å². The number of nitrogens with zero attached hydrogens (tertiary/aromatic N) is 2. The van der Waals surface area contributed by atoms with Gasteiger partial charge in [0.1, 0.15) is 6.54 Å². The van der Waals surface area contributed by atoms with Gasteiger partial charge < -0.3 is 5.11 Å². The van der Waals surface area contributed by atoms with E-state index in [1.54, 1.807) is 0 Å². The monoisotopic (exact) mass is 219 g/mol. The average Bonchev–Trinajstić information content (AvgIpc) is 2.48. The first-order chi connectivity index (χ1) is 6.43. The first kappa shape index (κ1) is 10.7. The number of carboxylic acid groups (broad SMARTS) is 1. The predicted molar refractivity (Wildman–Crippen MR) is 46.0 cm³/mol. The molecule has 0 aliphatic rings. The quantitative estimate of drug-likeness (QED) is 0.661. The molecule has 1 rings (SSSR count). The van der Waals surface area contributed by atoms with E-state index in [9.17, 15) is 13.2 Å². The van der Waals surface area contributed by atoms with Crippen molar-refractivity contribution in [2.24, 2.45) is 7.05 Å². The summed E-state index contributed by atoms with van der Waals surface area (Å²) in [4.78, 5) is 10.2. The zero-order valence-corrected chi connectivity index (χ0v) is 8.15. The zero-order chi connectivity index (χ0) is 10.8. The highest BCUT2D eigenvalue weighted by Crippen LogP contribution is 2.04. The molecule has 0 saturated carbocycles. The molecule has 2 N–H and O–H groups in total. The standard InChI is InChI=1S/C6H9N3O4S/c1-9-5(2-3-7-9)14(12,13)8-4-6(10)11/h2-3,8H,4H2,1H3,(H,10,11). The largest absolute Gasteiger partial charge is 0.480 e. The fourth-order valence-corrected chi connectivity index (χ4v) is 1.95. The van der Waals surface area contributed by atoms with Gasteiger partial charge in [-0.3, -0.25) is 9.48 Å².